The molecule has 0 fully saturated rings. The average molecular weight is 492 g/mol. The largest absolute Gasteiger partial charge is 0.867 e. The molecule has 0 unspecified atom stereocenters. The third-order valence-electron chi connectivity index (χ3n) is 4.67. The Kier molecular flexibility index (Phi) is 8.06. The molecular formula is C24H20F4N2O3S. The molecule has 178 valence electrons. The van der Waals surface area contributed by atoms with Crippen molar-refractivity contribution in [1.82, 2.24) is 0 Å². The van der Waals surface area contributed by atoms with Gasteiger partial charge in [0.25, 0.3) is 0 Å². The highest BCUT2D eigenvalue weighted by Crippen LogP contribution is 2.32. The van der Waals surface area contributed by atoms with Gasteiger partial charge >= 0.3 is 13.2 Å². The molecule has 1 aromatic heterocycles. The maximum absolute atomic E-state index is 13.6. The Morgan fingerprint density at radius 2 is 1.68 bits per heavy atom. The Balaban J connectivity index is 2.17. The smallest absolute Gasteiger partial charge is 0.387 e. The fourth-order valence-corrected chi connectivity index (χ4v) is 3.46. The Hall–Kier alpha value is -3.66. The van der Waals surface area contributed by atoms with Crippen LogP contribution in [0.3, 0.4) is 0 Å². The van der Waals surface area contributed by atoms with E-state index in [9.17, 15) is 22.7 Å². The van der Waals surface area contributed by atoms with Crippen LogP contribution in [0.5, 0.6) is 11.5 Å². The van der Waals surface area contributed by atoms with Gasteiger partial charge in [-0.25, -0.2) is 0 Å². The highest BCUT2D eigenvalue weighted by atomic mass is 32.1. The number of hydrogen-bond acceptors (Lipinski definition) is 4. The van der Waals surface area contributed by atoms with Gasteiger partial charge in [-0.05, 0) is 49.4 Å². The van der Waals surface area contributed by atoms with Crippen molar-refractivity contribution in [2.24, 2.45) is 0 Å². The van der Waals surface area contributed by atoms with Crippen LogP contribution < -0.4 is 24.5 Å². The van der Waals surface area contributed by atoms with Crippen molar-refractivity contribution in [3.8, 4) is 11.5 Å². The second-order valence-corrected chi connectivity index (χ2v) is 7.56. The summed E-state index contributed by atoms with van der Waals surface area (Å²) < 4.78 is 61.5. The highest BCUT2D eigenvalue weighted by molar-refractivity contribution is 7.81. The molecule has 0 amide bonds. The summed E-state index contributed by atoms with van der Waals surface area (Å²) in [5.74, 6) is -1.82. The minimum Gasteiger partial charge on any atom is -0.867 e. The number of rotatable bonds is 8. The van der Waals surface area contributed by atoms with Crippen LogP contribution in [0.1, 0.15) is 16.7 Å². The molecule has 0 bridgehead atoms. The van der Waals surface area contributed by atoms with Crippen LogP contribution in [0, 0.1) is 13.8 Å². The molecule has 0 radical (unpaired) electrons. The monoisotopic (exact) mass is 492 g/mol. The molecule has 0 spiro atoms. The molecular weight excluding hydrogens is 472 g/mol. The minimum absolute atomic E-state index is 0.0193. The van der Waals surface area contributed by atoms with Crippen molar-refractivity contribution >= 4 is 34.3 Å². The number of pyridine rings is 1. The number of anilines is 1. The number of para-hydroxylation sites is 1. The molecule has 34 heavy (non-hydrogen) atoms. The van der Waals surface area contributed by atoms with E-state index in [0.717, 1.165) is 29.3 Å². The van der Waals surface area contributed by atoms with E-state index in [1.807, 2.05) is 19.1 Å². The highest BCUT2D eigenvalue weighted by Gasteiger charge is 2.22. The van der Waals surface area contributed by atoms with Crippen LogP contribution in [-0.4, -0.2) is 18.2 Å². The van der Waals surface area contributed by atoms with Gasteiger partial charge in [0.15, 0.2) is 17.4 Å². The lowest BCUT2D eigenvalue weighted by Crippen LogP contribution is -2.40. The van der Waals surface area contributed by atoms with Crippen molar-refractivity contribution in [2.45, 2.75) is 27.1 Å². The van der Waals surface area contributed by atoms with E-state index >= 15 is 0 Å². The molecule has 10 heteroatoms. The molecule has 0 saturated heterocycles. The molecule has 3 rings (SSSR count). The lowest BCUT2D eigenvalue weighted by molar-refractivity contribution is -0.578. The van der Waals surface area contributed by atoms with Crippen molar-refractivity contribution in [2.75, 3.05) is 5.32 Å². The first kappa shape index (κ1) is 25.0. The Labute approximate surface area is 198 Å². The van der Waals surface area contributed by atoms with Crippen LogP contribution in [0.4, 0.5) is 23.2 Å². The summed E-state index contributed by atoms with van der Waals surface area (Å²) in [7, 11) is 0. The van der Waals surface area contributed by atoms with Gasteiger partial charge in [-0.3, -0.25) is 0 Å². The predicted octanol–water partition coefficient (Wildman–Crippen LogP) is 4.92. The summed E-state index contributed by atoms with van der Waals surface area (Å²) >= 11 is 5.53. The summed E-state index contributed by atoms with van der Waals surface area (Å²) in [5, 5.41) is 16.6. The number of aryl methyl sites for hydroxylation is 2. The van der Waals surface area contributed by atoms with Gasteiger partial charge < -0.3 is 19.9 Å². The second kappa shape index (κ2) is 11.0. The SMILES string of the molecule is Cc1ccc[n+](/C(C(=S)Nc2ccccc2C)=C(/[O-])c2ccc(OC(F)F)cc2OC(F)F)c1. The number of aromatic nitrogens is 1. The van der Waals surface area contributed by atoms with Crippen LogP contribution in [-0.2, 0) is 0 Å². The molecule has 0 atom stereocenters. The fraction of sp³-hybridized carbons (Fsp3) is 0.167. The zero-order valence-electron chi connectivity index (χ0n) is 18.1. The van der Waals surface area contributed by atoms with Gasteiger partial charge in [-0.2, -0.15) is 22.1 Å². The number of ether oxygens (including phenoxy) is 2. The standard InChI is InChI=1S/C24H20F4N2O3S/c1-14-6-5-11-30(13-14)20(22(34)29-18-8-4-3-7-15(18)2)21(31)17-10-9-16(32-23(25)26)12-19(17)33-24(27)28/h3-13,23-24H,1-2H3,(H-,29,31,34). The third kappa shape index (κ3) is 6.22. The molecule has 0 saturated carbocycles. The van der Waals surface area contributed by atoms with Gasteiger partial charge in [-0.1, -0.05) is 30.4 Å². The van der Waals surface area contributed by atoms with E-state index in [1.165, 1.54) is 4.57 Å². The number of hydrogen-bond donors (Lipinski definition) is 1. The van der Waals surface area contributed by atoms with E-state index in [4.69, 9.17) is 12.2 Å². The van der Waals surface area contributed by atoms with Crippen LogP contribution in [0.25, 0.3) is 11.5 Å². The maximum atomic E-state index is 13.6. The van der Waals surface area contributed by atoms with E-state index < -0.39 is 30.5 Å². The first-order chi connectivity index (χ1) is 16.2. The second-order valence-electron chi connectivity index (χ2n) is 7.15. The molecule has 0 aliphatic rings. The fourth-order valence-electron chi connectivity index (χ4n) is 3.15. The van der Waals surface area contributed by atoms with Crippen LogP contribution in [0.2, 0.25) is 0 Å². The number of benzene rings is 2. The van der Waals surface area contributed by atoms with Crippen LogP contribution >= 0.6 is 12.2 Å². The first-order valence-corrected chi connectivity index (χ1v) is 10.4. The number of thiocarbonyl (C=S) groups is 1. The van der Waals surface area contributed by atoms with Crippen LogP contribution in [0.15, 0.2) is 67.0 Å². The van der Waals surface area contributed by atoms with Crippen molar-refractivity contribution < 1.29 is 36.7 Å². The molecule has 1 N–H and O–H groups in total. The summed E-state index contributed by atoms with van der Waals surface area (Å²) in [4.78, 5) is 0.0193. The Bertz CT molecular complexity index is 1220. The Morgan fingerprint density at radius 1 is 0.971 bits per heavy atom. The molecule has 0 aliphatic heterocycles. The first-order valence-electron chi connectivity index (χ1n) is 9.96. The molecule has 3 aromatic rings. The van der Waals surface area contributed by atoms with Gasteiger partial charge in [0.2, 0.25) is 5.70 Å². The molecule has 1 heterocycles. The number of halogens is 4. The van der Waals surface area contributed by atoms with E-state index in [-0.39, 0.29) is 16.2 Å². The van der Waals surface area contributed by atoms with Crippen molar-refractivity contribution in [3.63, 3.8) is 0 Å². The summed E-state index contributed by atoms with van der Waals surface area (Å²) in [6, 6.07) is 13.7. The number of nitrogens with zero attached hydrogens (tertiary/aromatic N) is 1. The summed E-state index contributed by atoms with van der Waals surface area (Å²) in [6.45, 7) is -2.84. The van der Waals surface area contributed by atoms with Gasteiger partial charge in [0, 0.05) is 28.9 Å². The maximum Gasteiger partial charge on any atom is 0.387 e. The van der Waals surface area contributed by atoms with E-state index in [1.54, 1.807) is 43.6 Å². The summed E-state index contributed by atoms with van der Waals surface area (Å²) in [6.07, 6.45) is 3.22. The number of nitrogens with one attached hydrogen (secondary N) is 1. The van der Waals surface area contributed by atoms with E-state index in [2.05, 4.69) is 14.8 Å². The third-order valence-corrected chi connectivity index (χ3v) is 4.96. The normalized spacial score (nSPS) is 11.9. The van der Waals surface area contributed by atoms with Crippen molar-refractivity contribution in [3.05, 3.63) is 83.7 Å². The zero-order valence-corrected chi connectivity index (χ0v) is 18.9. The zero-order chi connectivity index (χ0) is 24.8. The quantitative estimate of drug-likeness (QED) is 0.159. The minimum atomic E-state index is -3.31. The lowest BCUT2D eigenvalue weighted by atomic mass is 10.1. The molecule has 0 aliphatic carbocycles. The van der Waals surface area contributed by atoms with Gasteiger partial charge in [0.1, 0.15) is 11.5 Å². The van der Waals surface area contributed by atoms with E-state index in [0.29, 0.717) is 5.69 Å². The Morgan fingerprint density at radius 3 is 2.32 bits per heavy atom. The van der Waals surface area contributed by atoms with Gasteiger partial charge in [0.05, 0.1) is 0 Å². The van der Waals surface area contributed by atoms with Gasteiger partial charge in [-0.15, -0.1) is 0 Å². The van der Waals surface area contributed by atoms with Crippen molar-refractivity contribution in [1.29, 1.82) is 0 Å². The molecule has 5 nitrogen and oxygen atoms in total. The summed E-state index contributed by atoms with van der Waals surface area (Å²) in [5.41, 5.74) is 1.96. The lowest BCUT2D eigenvalue weighted by Gasteiger charge is -2.20. The topological polar surface area (TPSA) is 57.4 Å². The predicted molar refractivity (Wildman–Crippen MR) is 122 cm³/mol. The average Bonchev–Trinajstić information content (AvgIpc) is 2.75. The molecule has 2 aromatic carbocycles. The number of alkyl halides is 4.